The summed E-state index contributed by atoms with van der Waals surface area (Å²) in [5.41, 5.74) is 2.85. The number of fused-ring (bicyclic) bond motifs is 2. The minimum Gasteiger partial charge on any atom is -0.360 e. The van der Waals surface area contributed by atoms with E-state index in [1.165, 1.54) is 18.3 Å². The van der Waals surface area contributed by atoms with Crippen LogP contribution >= 0.6 is 23.6 Å². The molecule has 0 saturated carbocycles. The third kappa shape index (κ3) is 5.47. The molecule has 2 aliphatic heterocycles. The van der Waals surface area contributed by atoms with Gasteiger partial charge in [-0.2, -0.15) is 4.31 Å². The first kappa shape index (κ1) is 26.7. The Morgan fingerprint density at radius 3 is 2.26 bits per heavy atom. The zero-order valence-electron chi connectivity index (χ0n) is 21.5. The predicted octanol–water partition coefficient (Wildman–Crippen LogP) is 5.45. The molecule has 3 N–H and O–H groups in total. The number of hydrogen-bond donors (Lipinski definition) is 3. The van der Waals surface area contributed by atoms with Crippen LogP contribution in [0, 0.1) is 0 Å². The highest BCUT2D eigenvalue weighted by atomic mass is 32.2. The van der Waals surface area contributed by atoms with E-state index in [0.29, 0.717) is 16.4 Å². The van der Waals surface area contributed by atoms with Gasteiger partial charge in [-0.1, -0.05) is 6.07 Å². The number of carbonyl (C=O) groups is 1. The van der Waals surface area contributed by atoms with Gasteiger partial charge in [0.1, 0.15) is 5.01 Å². The van der Waals surface area contributed by atoms with Crippen LogP contribution in [0.25, 0.3) is 21.0 Å². The number of anilines is 2. The zero-order valence-corrected chi connectivity index (χ0v) is 24.0. The number of thiazole rings is 1. The third-order valence-corrected chi connectivity index (χ3v) is 10.2. The number of carbonyl (C=O) groups excluding carboxylic acids is 1. The average molecular weight is 570 g/mol. The van der Waals surface area contributed by atoms with Gasteiger partial charge in [0.15, 0.2) is 5.11 Å². The van der Waals surface area contributed by atoms with Crippen molar-refractivity contribution in [3.05, 3.63) is 48.7 Å². The summed E-state index contributed by atoms with van der Waals surface area (Å²) < 4.78 is 29.6. The molecule has 2 fully saturated rings. The minimum absolute atomic E-state index is 0.0510. The summed E-state index contributed by atoms with van der Waals surface area (Å²) in [7, 11) is -3.76. The standard InChI is InChI=1S/C27H31N5O3S3/c1-16(2)29-27(36)31-19-6-4-18(5-7-19)26-28-15-24(37-26)23-13-8-20(30-17(3)33)14-25(23)38(34,35)32-21-9-10-22(32)12-11-21/h4-8,13-16,21-22H,9-12H2,1-3H3,(H,30,33)(H2,29,31,36). The fourth-order valence-corrected chi connectivity index (χ4v) is 8.79. The van der Waals surface area contributed by atoms with Crippen LogP contribution in [-0.2, 0) is 14.8 Å². The van der Waals surface area contributed by atoms with Crippen LogP contribution in [-0.4, -0.2) is 46.9 Å². The van der Waals surface area contributed by atoms with Gasteiger partial charge in [-0.25, -0.2) is 13.4 Å². The van der Waals surface area contributed by atoms with Crippen molar-refractivity contribution in [1.82, 2.24) is 14.6 Å². The highest BCUT2D eigenvalue weighted by Crippen LogP contribution is 2.44. The first-order valence-corrected chi connectivity index (χ1v) is 15.4. The number of hydrogen-bond acceptors (Lipinski definition) is 6. The highest BCUT2D eigenvalue weighted by Gasteiger charge is 2.47. The van der Waals surface area contributed by atoms with Gasteiger partial charge in [0.25, 0.3) is 0 Å². The van der Waals surface area contributed by atoms with E-state index in [4.69, 9.17) is 12.2 Å². The minimum atomic E-state index is -3.76. The number of rotatable bonds is 7. The quantitative estimate of drug-likeness (QED) is 0.325. The molecule has 2 aliphatic rings. The molecular weight excluding hydrogens is 539 g/mol. The fraction of sp³-hybridized carbons (Fsp3) is 0.370. The van der Waals surface area contributed by atoms with Gasteiger partial charge in [0.2, 0.25) is 15.9 Å². The smallest absolute Gasteiger partial charge is 0.244 e. The van der Waals surface area contributed by atoms with E-state index in [-0.39, 0.29) is 28.9 Å². The van der Waals surface area contributed by atoms with Crippen LogP contribution in [0.2, 0.25) is 0 Å². The normalized spacial score (nSPS) is 19.1. The van der Waals surface area contributed by atoms with Crippen molar-refractivity contribution in [3.63, 3.8) is 0 Å². The van der Waals surface area contributed by atoms with E-state index in [1.807, 2.05) is 38.1 Å². The molecule has 0 aliphatic carbocycles. The Morgan fingerprint density at radius 1 is 1.03 bits per heavy atom. The molecule has 3 aromatic rings. The van der Waals surface area contributed by atoms with Crippen molar-refractivity contribution >= 4 is 56.0 Å². The summed E-state index contributed by atoms with van der Waals surface area (Å²) in [6, 6.07) is 13.2. The summed E-state index contributed by atoms with van der Waals surface area (Å²) in [4.78, 5) is 17.3. The third-order valence-electron chi connectivity index (χ3n) is 6.82. The van der Waals surface area contributed by atoms with E-state index in [9.17, 15) is 13.2 Å². The van der Waals surface area contributed by atoms with Crippen molar-refractivity contribution in [1.29, 1.82) is 0 Å². The van der Waals surface area contributed by atoms with Crippen molar-refractivity contribution in [2.24, 2.45) is 0 Å². The Bertz CT molecular complexity index is 1450. The molecule has 1 aromatic heterocycles. The molecule has 1 amide bonds. The van der Waals surface area contributed by atoms with Gasteiger partial charge in [-0.15, -0.1) is 11.3 Å². The Balaban J connectivity index is 1.46. The molecule has 8 nitrogen and oxygen atoms in total. The van der Waals surface area contributed by atoms with Crippen molar-refractivity contribution in [3.8, 4) is 21.0 Å². The first-order valence-electron chi connectivity index (χ1n) is 12.7. The number of amides is 1. The van der Waals surface area contributed by atoms with Crippen molar-refractivity contribution in [2.45, 2.75) is 69.5 Å². The van der Waals surface area contributed by atoms with E-state index in [2.05, 4.69) is 20.9 Å². The Labute approximate surface area is 232 Å². The second-order valence-corrected chi connectivity index (χ2v) is 13.3. The molecule has 2 saturated heterocycles. The summed E-state index contributed by atoms with van der Waals surface area (Å²) in [5, 5.41) is 10.4. The lowest BCUT2D eigenvalue weighted by Gasteiger charge is -2.23. The van der Waals surface area contributed by atoms with Crippen LogP contribution in [0.5, 0.6) is 0 Å². The summed E-state index contributed by atoms with van der Waals surface area (Å²) in [6.07, 6.45) is 5.33. The number of thiocarbonyl (C=S) groups is 1. The molecule has 0 unspecified atom stereocenters. The Morgan fingerprint density at radius 2 is 1.66 bits per heavy atom. The zero-order chi connectivity index (χ0) is 27.0. The van der Waals surface area contributed by atoms with E-state index in [0.717, 1.165) is 46.8 Å². The van der Waals surface area contributed by atoms with Crippen LogP contribution in [0.1, 0.15) is 46.5 Å². The largest absolute Gasteiger partial charge is 0.360 e. The van der Waals surface area contributed by atoms with Crippen molar-refractivity contribution in [2.75, 3.05) is 10.6 Å². The monoisotopic (exact) mass is 569 g/mol. The van der Waals surface area contributed by atoms with E-state index < -0.39 is 10.0 Å². The molecular formula is C27H31N5O3S3. The molecule has 11 heteroatoms. The molecule has 0 radical (unpaired) electrons. The van der Waals surface area contributed by atoms with Crippen LogP contribution in [0.4, 0.5) is 11.4 Å². The molecule has 2 bridgehead atoms. The maximum atomic E-state index is 14.0. The van der Waals surface area contributed by atoms with Gasteiger partial charge in [-0.05, 0) is 88.1 Å². The van der Waals surface area contributed by atoms with Gasteiger partial charge >= 0.3 is 0 Å². The summed E-state index contributed by atoms with van der Waals surface area (Å²) in [6.45, 7) is 5.46. The summed E-state index contributed by atoms with van der Waals surface area (Å²) >= 11 is 6.76. The van der Waals surface area contributed by atoms with Crippen LogP contribution in [0.15, 0.2) is 53.6 Å². The van der Waals surface area contributed by atoms with Gasteiger partial charge in [0, 0.05) is 53.7 Å². The lowest BCUT2D eigenvalue weighted by Crippen LogP contribution is -2.35. The average Bonchev–Trinajstić information content (AvgIpc) is 3.60. The first-order chi connectivity index (χ1) is 18.1. The Hall–Kier alpha value is -2.86. The number of aromatic nitrogens is 1. The van der Waals surface area contributed by atoms with E-state index in [1.54, 1.807) is 28.7 Å². The SMILES string of the molecule is CC(=O)Nc1ccc(-c2cnc(-c3ccc(NC(=S)NC(C)C)cc3)s2)c(S(=O)(=O)N2C3CCC2CC3)c1. The lowest BCUT2D eigenvalue weighted by molar-refractivity contribution is -0.114. The maximum absolute atomic E-state index is 14.0. The molecule has 38 heavy (non-hydrogen) atoms. The van der Waals surface area contributed by atoms with Crippen LogP contribution in [0.3, 0.4) is 0 Å². The molecule has 200 valence electrons. The van der Waals surface area contributed by atoms with Crippen molar-refractivity contribution < 1.29 is 13.2 Å². The Kier molecular flexibility index (Phi) is 7.54. The van der Waals surface area contributed by atoms with Gasteiger partial charge < -0.3 is 16.0 Å². The second kappa shape index (κ2) is 10.7. The van der Waals surface area contributed by atoms with Gasteiger partial charge in [-0.3, -0.25) is 4.79 Å². The number of nitrogens with one attached hydrogen (secondary N) is 3. The van der Waals surface area contributed by atoms with Crippen LogP contribution < -0.4 is 16.0 Å². The topological polar surface area (TPSA) is 103 Å². The summed E-state index contributed by atoms with van der Waals surface area (Å²) in [5.74, 6) is -0.249. The lowest BCUT2D eigenvalue weighted by atomic mass is 10.0. The fourth-order valence-electron chi connectivity index (χ4n) is 5.25. The molecule has 5 rings (SSSR count). The second-order valence-electron chi connectivity index (χ2n) is 10.0. The number of nitrogens with zero attached hydrogens (tertiary/aromatic N) is 2. The molecule has 2 aromatic carbocycles. The maximum Gasteiger partial charge on any atom is 0.244 e. The highest BCUT2D eigenvalue weighted by molar-refractivity contribution is 7.89. The molecule has 0 spiro atoms. The van der Waals surface area contributed by atoms with E-state index >= 15 is 0 Å². The van der Waals surface area contributed by atoms with Gasteiger partial charge in [0.05, 0.1) is 9.77 Å². The molecule has 0 atom stereocenters. The number of benzene rings is 2. The predicted molar refractivity (Wildman–Crippen MR) is 157 cm³/mol. The number of sulfonamides is 1. The molecule has 3 heterocycles.